The van der Waals surface area contributed by atoms with E-state index in [0.29, 0.717) is 19.0 Å². The highest BCUT2D eigenvalue weighted by Crippen LogP contribution is 2.29. The molecule has 0 aliphatic carbocycles. The van der Waals surface area contributed by atoms with Crippen molar-refractivity contribution < 1.29 is 32.3 Å². The Morgan fingerprint density at radius 1 is 1.24 bits per heavy atom. The molecule has 10 nitrogen and oxygen atoms in total. The van der Waals surface area contributed by atoms with Crippen LogP contribution in [0.2, 0.25) is 0 Å². The van der Waals surface area contributed by atoms with Crippen LogP contribution >= 0.6 is 0 Å². The van der Waals surface area contributed by atoms with Crippen molar-refractivity contribution in [3.05, 3.63) is 30.2 Å². The average Bonchev–Trinajstić information content (AvgIpc) is 3.41. The number of amides is 2. The van der Waals surface area contributed by atoms with Gasteiger partial charge in [0.15, 0.2) is 0 Å². The molecule has 0 aromatic carbocycles. The lowest BCUT2D eigenvalue weighted by molar-refractivity contribution is -0.137. The molecule has 2 rings (SSSR count). The number of ether oxygens (including phenoxy) is 1. The predicted octanol–water partition coefficient (Wildman–Crippen LogP) is 3.53. The van der Waals surface area contributed by atoms with Gasteiger partial charge in [-0.25, -0.2) is 4.79 Å². The number of nitrogens with one attached hydrogen (secondary N) is 3. The zero-order chi connectivity index (χ0) is 25.5. The lowest BCUT2D eigenvalue weighted by Crippen LogP contribution is -2.48. The number of aromatic nitrogens is 4. The number of carbonyl (C=O) groups is 3. The van der Waals surface area contributed by atoms with Crippen molar-refractivity contribution in [2.24, 2.45) is 5.41 Å². The number of halogens is 3. The molecule has 0 bridgehead atoms. The first-order valence-corrected chi connectivity index (χ1v) is 10.7. The van der Waals surface area contributed by atoms with Crippen LogP contribution in [0, 0.1) is 5.41 Å². The van der Waals surface area contributed by atoms with Crippen molar-refractivity contribution in [1.29, 1.82) is 0 Å². The maximum absolute atomic E-state index is 12.9. The quantitative estimate of drug-likeness (QED) is 0.441. The van der Waals surface area contributed by atoms with Crippen LogP contribution in [-0.4, -0.2) is 49.9 Å². The summed E-state index contributed by atoms with van der Waals surface area (Å²) in [5, 5.41) is 14.7. The Morgan fingerprint density at radius 3 is 2.47 bits per heavy atom. The third kappa shape index (κ3) is 7.89. The van der Waals surface area contributed by atoms with Crippen LogP contribution < -0.4 is 10.6 Å². The SMILES string of the molecule is CCCC[C@H](NC(=O)O[C@H](Cn1cc(C(F)(F)F)cn1)C(C)(C)C)C(=O)C(=O)Nc1ccn[nH]1. The Kier molecular flexibility index (Phi) is 8.82. The van der Waals surface area contributed by atoms with Crippen LogP contribution in [0.15, 0.2) is 24.7 Å². The van der Waals surface area contributed by atoms with Crippen molar-refractivity contribution in [1.82, 2.24) is 25.3 Å². The molecule has 0 spiro atoms. The molecule has 188 valence electrons. The molecule has 0 radical (unpaired) electrons. The number of alkyl carbamates (subject to hydrolysis) is 1. The molecular weight excluding hydrogens is 457 g/mol. The van der Waals surface area contributed by atoms with Crippen molar-refractivity contribution in [3.63, 3.8) is 0 Å². The van der Waals surface area contributed by atoms with E-state index >= 15 is 0 Å². The summed E-state index contributed by atoms with van der Waals surface area (Å²) in [4.78, 5) is 37.6. The normalized spacial score (nSPS) is 13.7. The van der Waals surface area contributed by atoms with Gasteiger partial charge in [0, 0.05) is 17.7 Å². The van der Waals surface area contributed by atoms with Gasteiger partial charge in [0.25, 0.3) is 5.91 Å². The average molecular weight is 486 g/mol. The van der Waals surface area contributed by atoms with E-state index < -0.39 is 47.1 Å². The minimum atomic E-state index is -4.54. The number of rotatable bonds is 10. The summed E-state index contributed by atoms with van der Waals surface area (Å²) < 4.78 is 45.1. The number of nitrogens with zero attached hydrogens (tertiary/aromatic N) is 3. The number of ketones is 1. The van der Waals surface area contributed by atoms with Crippen LogP contribution in [0.5, 0.6) is 0 Å². The van der Waals surface area contributed by atoms with Gasteiger partial charge < -0.3 is 15.4 Å². The van der Waals surface area contributed by atoms with E-state index in [-0.39, 0.29) is 18.8 Å². The molecule has 2 heterocycles. The van der Waals surface area contributed by atoms with E-state index in [9.17, 15) is 27.6 Å². The molecule has 34 heavy (non-hydrogen) atoms. The number of hydrogen-bond donors (Lipinski definition) is 3. The second kappa shape index (κ2) is 11.2. The summed E-state index contributed by atoms with van der Waals surface area (Å²) >= 11 is 0. The van der Waals surface area contributed by atoms with Crippen molar-refractivity contribution in [3.8, 4) is 0 Å². The zero-order valence-corrected chi connectivity index (χ0v) is 19.4. The lowest BCUT2D eigenvalue weighted by atomic mass is 9.89. The molecule has 0 fully saturated rings. The third-order valence-corrected chi connectivity index (χ3v) is 4.96. The van der Waals surface area contributed by atoms with E-state index in [2.05, 4.69) is 25.9 Å². The fourth-order valence-corrected chi connectivity index (χ4v) is 2.92. The maximum Gasteiger partial charge on any atom is 0.419 e. The molecule has 2 amide bonds. The molecule has 0 saturated carbocycles. The molecule has 13 heteroatoms. The van der Waals surface area contributed by atoms with Gasteiger partial charge in [-0.3, -0.25) is 19.4 Å². The summed E-state index contributed by atoms with van der Waals surface area (Å²) in [6.45, 7) is 6.99. The Morgan fingerprint density at radius 2 is 1.94 bits per heavy atom. The lowest BCUT2D eigenvalue weighted by Gasteiger charge is -2.30. The topological polar surface area (TPSA) is 131 Å². The molecule has 0 aliphatic rings. The maximum atomic E-state index is 12.9. The predicted molar refractivity (Wildman–Crippen MR) is 116 cm³/mol. The van der Waals surface area contributed by atoms with Crippen LogP contribution in [0.3, 0.4) is 0 Å². The fraction of sp³-hybridized carbons (Fsp3) is 0.571. The largest absolute Gasteiger partial charge is 0.444 e. The van der Waals surface area contributed by atoms with E-state index in [1.807, 2.05) is 6.92 Å². The Labute approximate surface area is 194 Å². The van der Waals surface area contributed by atoms with Gasteiger partial charge in [-0.2, -0.15) is 23.4 Å². The standard InChI is InChI=1S/C21H29F3N6O4/c1-5-6-7-14(17(31)18(32)28-16-8-9-25-29-16)27-19(33)34-15(20(2,3)4)12-30-11-13(10-26-30)21(22,23)24/h8-11,14-15H,5-7,12H2,1-4H3,(H,27,33)(H2,25,28,29,32)/t14-,15+/m0/s1. The highest BCUT2D eigenvalue weighted by molar-refractivity contribution is 6.42. The van der Waals surface area contributed by atoms with Gasteiger partial charge in [0.1, 0.15) is 18.0 Å². The zero-order valence-electron chi connectivity index (χ0n) is 19.4. The number of anilines is 1. The molecule has 2 aromatic heterocycles. The van der Waals surface area contributed by atoms with Gasteiger partial charge in [-0.05, 0) is 6.42 Å². The Balaban J connectivity index is 2.08. The van der Waals surface area contributed by atoms with Crippen molar-refractivity contribution >= 4 is 23.6 Å². The van der Waals surface area contributed by atoms with Crippen LogP contribution in [0.4, 0.5) is 23.8 Å². The van der Waals surface area contributed by atoms with E-state index in [1.54, 1.807) is 20.8 Å². The number of unbranched alkanes of at least 4 members (excludes halogenated alkanes) is 1. The summed E-state index contributed by atoms with van der Waals surface area (Å²) in [6, 6.07) is 0.318. The number of Topliss-reactive ketones (excluding diaryl/α,β-unsaturated/α-hetero) is 1. The summed E-state index contributed by atoms with van der Waals surface area (Å²) in [7, 11) is 0. The molecular formula is C21H29F3N6O4. The summed E-state index contributed by atoms with van der Waals surface area (Å²) in [5.41, 5.74) is -1.58. The second-order valence-electron chi connectivity index (χ2n) is 8.84. The third-order valence-electron chi connectivity index (χ3n) is 4.96. The molecule has 0 saturated heterocycles. The van der Waals surface area contributed by atoms with Crippen molar-refractivity contribution in [2.45, 2.75) is 71.8 Å². The van der Waals surface area contributed by atoms with Gasteiger partial charge >= 0.3 is 12.3 Å². The van der Waals surface area contributed by atoms with Crippen molar-refractivity contribution in [2.75, 3.05) is 5.32 Å². The van der Waals surface area contributed by atoms with E-state index in [0.717, 1.165) is 10.9 Å². The first kappa shape index (κ1) is 26.9. The minimum absolute atomic E-state index is 0.138. The van der Waals surface area contributed by atoms with Crippen LogP contribution in [0.1, 0.15) is 52.5 Å². The number of aromatic amines is 1. The van der Waals surface area contributed by atoms with E-state index in [1.165, 1.54) is 12.3 Å². The smallest absolute Gasteiger partial charge is 0.419 e. The first-order chi connectivity index (χ1) is 15.8. The highest BCUT2D eigenvalue weighted by Gasteiger charge is 2.35. The van der Waals surface area contributed by atoms with Gasteiger partial charge in [0.2, 0.25) is 5.78 Å². The highest BCUT2D eigenvalue weighted by atomic mass is 19.4. The van der Waals surface area contributed by atoms with Crippen LogP contribution in [0.25, 0.3) is 0 Å². The Bertz CT molecular complexity index is 966. The van der Waals surface area contributed by atoms with Gasteiger partial charge in [0.05, 0.1) is 24.5 Å². The summed E-state index contributed by atoms with van der Waals surface area (Å²) in [5.74, 6) is -1.58. The van der Waals surface area contributed by atoms with Gasteiger partial charge in [-0.1, -0.05) is 40.5 Å². The monoisotopic (exact) mass is 486 g/mol. The second-order valence-corrected chi connectivity index (χ2v) is 8.84. The van der Waals surface area contributed by atoms with Gasteiger partial charge in [-0.15, -0.1) is 0 Å². The Hall–Kier alpha value is -3.38. The number of H-pyrrole nitrogens is 1. The fourth-order valence-electron chi connectivity index (χ4n) is 2.92. The molecule has 2 atom stereocenters. The molecule has 2 aromatic rings. The molecule has 0 unspecified atom stereocenters. The van der Waals surface area contributed by atoms with Crippen LogP contribution in [-0.2, 0) is 27.0 Å². The number of carbonyl (C=O) groups excluding carboxylic acids is 3. The number of hydrogen-bond acceptors (Lipinski definition) is 6. The number of alkyl halides is 3. The first-order valence-electron chi connectivity index (χ1n) is 10.7. The molecule has 3 N–H and O–H groups in total. The minimum Gasteiger partial charge on any atom is -0.444 e. The van der Waals surface area contributed by atoms with E-state index in [4.69, 9.17) is 4.74 Å². The molecule has 0 aliphatic heterocycles. The summed E-state index contributed by atoms with van der Waals surface area (Å²) in [6.07, 6.45) is -2.00.